The second-order valence-corrected chi connectivity index (χ2v) is 2.88. The van der Waals surface area contributed by atoms with Crippen LogP contribution < -0.4 is 0 Å². The van der Waals surface area contributed by atoms with Gasteiger partial charge in [-0.3, -0.25) is 4.79 Å². The van der Waals surface area contributed by atoms with Crippen LogP contribution >= 0.6 is 0 Å². The molecule has 0 unspecified atom stereocenters. The summed E-state index contributed by atoms with van der Waals surface area (Å²) in [5, 5.41) is 7.33. The van der Waals surface area contributed by atoms with Crippen LogP contribution in [0, 0.1) is 0 Å². The van der Waals surface area contributed by atoms with Crippen molar-refractivity contribution in [2.24, 2.45) is 0 Å². The fourth-order valence-electron chi connectivity index (χ4n) is 1.15. The molecule has 0 spiro atoms. The number of ketones is 1. The van der Waals surface area contributed by atoms with E-state index in [0.717, 1.165) is 5.56 Å². The minimum Gasteiger partial charge on any atom is -0.423 e. The van der Waals surface area contributed by atoms with E-state index in [-0.39, 0.29) is 5.78 Å². The Hall–Kier alpha value is -1.97. The molecule has 70 valence electrons. The molecule has 0 amide bonds. The largest absolute Gasteiger partial charge is 0.423 e. The minimum atomic E-state index is 0.0436. The summed E-state index contributed by atoms with van der Waals surface area (Å²) in [4.78, 5) is 11.0. The number of hydrogen-bond acceptors (Lipinski definition) is 4. The average Bonchev–Trinajstić information content (AvgIpc) is 2.71. The van der Waals surface area contributed by atoms with Crippen LogP contribution in [-0.2, 0) is 0 Å². The summed E-state index contributed by atoms with van der Waals surface area (Å²) in [5.41, 5.74) is 1.49. The Morgan fingerprint density at radius 2 is 2.00 bits per heavy atom. The summed E-state index contributed by atoms with van der Waals surface area (Å²) in [6.45, 7) is 1.53. The van der Waals surface area contributed by atoms with Gasteiger partial charge in [0.1, 0.15) is 0 Å². The molecular formula is C10H8N2O2. The molecule has 0 N–H and O–H groups in total. The number of carbonyl (C=O) groups is 1. The Balaban J connectivity index is 2.36. The van der Waals surface area contributed by atoms with Crippen LogP contribution in [0.5, 0.6) is 0 Å². The van der Waals surface area contributed by atoms with Crippen LogP contribution in [0.15, 0.2) is 35.1 Å². The van der Waals surface area contributed by atoms with Gasteiger partial charge in [0.05, 0.1) is 0 Å². The van der Waals surface area contributed by atoms with E-state index in [2.05, 4.69) is 10.2 Å². The minimum absolute atomic E-state index is 0.0436. The summed E-state index contributed by atoms with van der Waals surface area (Å²) in [7, 11) is 0. The molecule has 0 aliphatic carbocycles. The fourth-order valence-corrected chi connectivity index (χ4v) is 1.15. The Morgan fingerprint density at radius 3 is 2.50 bits per heavy atom. The molecule has 0 fully saturated rings. The first-order valence-corrected chi connectivity index (χ1v) is 4.15. The summed E-state index contributed by atoms with van der Waals surface area (Å²) in [6, 6.07) is 7.04. The number of benzene rings is 1. The molecule has 2 rings (SSSR count). The third-order valence-corrected chi connectivity index (χ3v) is 1.90. The van der Waals surface area contributed by atoms with Gasteiger partial charge in [-0.05, 0) is 19.1 Å². The molecule has 0 aliphatic heterocycles. The average molecular weight is 188 g/mol. The smallest absolute Gasteiger partial charge is 0.247 e. The van der Waals surface area contributed by atoms with Crippen molar-refractivity contribution < 1.29 is 9.21 Å². The summed E-state index contributed by atoms with van der Waals surface area (Å²) in [5.74, 6) is 0.502. The molecular weight excluding hydrogens is 180 g/mol. The van der Waals surface area contributed by atoms with E-state index in [1.165, 1.54) is 13.3 Å². The van der Waals surface area contributed by atoms with Crippen molar-refractivity contribution in [3.63, 3.8) is 0 Å². The van der Waals surface area contributed by atoms with Gasteiger partial charge >= 0.3 is 0 Å². The van der Waals surface area contributed by atoms with E-state index >= 15 is 0 Å². The van der Waals surface area contributed by atoms with Crippen molar-refractivity contribution in [3.05, 3.63) is 36.2 Å². The predicted molar refractivity (Wildman–Crippen MR) is 49.7 cm³/mol. The van der Waals surface area contributed by atoms with Gasteiger partial charge in [-0.2, -0.15) is 0 Å². The second-order valence-electron chi connectivity index (χ2n) is 2.88. The molecule has 1 aromatic carbocycles. The lowest BCUT2D eigenvalue weighted by Gasteiger charge is -1.96. The third-order valence-electron chi connectivity index (χ3n) is 1.90. The van der Waals surface area contributed by atoms with Gasteiger partial charge in [0.15, 0.2) is 5.78 Å². The summed E-state index contributed by atoms with van der Waals surface area (Å²) in [6.07, 6.45) is 1.27. The zero-order valence-corrected chi connectivity index (χ0v) is 7.60. The van der Waals surface area contributed by atoms with Crippen LogP contribution in [0.25, 0.3) is 11.5 Å². The Bertz CT molecular complexity index is 432. The highest BCUT2D eigenvalue weighted by atomic mass is 16.4. The van der Waals surface area contributed by atoms with Gasteiger partial charge < -0.3 is 4.42 Å². The van der Waals surface area contributed by atoms with Gasteiger partial charge in [-0.25, -0.2) is 0 Å². The first-order chi connectivity index (χ1) is 6.77. The fraction of sp³-hybridized carbons (Fsp3) is 0.100. The van der Waals surface area contributed by atoms with Crippen molar-refractivity contribution in [1.82, 2.24) is 10.2 Å². The van der Waals surface area contributed by atoms with Gasteiger partial charge in [0.2, 0.25) is 12.3 Å². The number of Topliss-reactive ketones (excluding diaryl/α,β-unsaturated/α-hetero) is 1. The Kier molecular flexibility index (Phi) is 2.10. The first-order valence-electron chi connectivity index (χ1n) is 4.15. The number of rotatable bonds is 2. The molecule has 1 aromatic heterocycles. The lowest BCUT2D eigenvalue weighted by atomic mass is 10.1. The summed E-state index contributed by atoms with van der Waals surface area (Å²) >= 11 is 0. The molecule has 0 bridgehead atoms. The van der Waals surface area contributed by atoms with Crippen LogP contribution in [0.1, 0.15) is 17.3 Å². The molecule has 4 heteroatoms. The summed E-state index contributed by atoms with van der Waals surface area (Å²) < 4.78 is 5.01. The molecule has 0 saturated carbocycles. The van der Waals surface area contributed by atoms with Crippen molar-refractivity contribution in [3.8, 4) is 11.5 Å². The molecule has 0 radical (unpaired) electrons. The van der Waals surface area contributed by atoms with E-state index in [1.807, 2.05) is 0 Å². The molecule has 2 aromatic rings. The van der Waals surface area contributed by atoms with E-state index in [1.54, 1.807) is 24.3 Å². The van der Waals surface area contributed by atoms with Crippen molar-refractivity contribution in [2.75, 3.05) is 0 Å². The van der Waals surface area contributed by atoms with Crippen LogP contribution in [-0.4, -0.2) is 16.0 Å². The first kappa shape index (κ1) is 8.62. The Labute approximate surface area is 80.6 Å². The van der Waals surface area contributed by atoms with Gasteiger partial charge in [-0.1, -0.05) is 12.1 Å². The standard InChI is InChI=1S/C10H8N2O2/c1-7(13)8-2-4-9(5-3-8)10-12-11-6-14-10/h2-6H,1H3. The quantitative estimate of drug-likeness (QED) is 0.676. The van der Waals surface area contributed by atoms with Crippen molar-refractivity contribution in [2.45, 2.75) is 6.92 Å². The van der Waals surface area contributed by atoms with E-state index in [9.17, 15) is 4.79 Å². The number of nitrogens with zero attached hydrogens (tertiary/aromatic N) is 2. The second kappa shape index (κ2) is 3.41. The van der Waals surface area contributed by atoms with E-state index in [0.29, 0.717) is 11.5 Å². The predicted octanol–water partition coefficient (Wildman–Crippen LogP) is 1.94. The highest BCUT2D eigenvalue weighted by Crippen LogP contribution is 2.16. The molecule has 14 heavy (non-hydrogen) atoms. The molecule has 0 aliphatic rings. The zero-order chi connectivity index (χ0) is 9.97. The lowest BCUT2D eigenvalue weighted by molar-refractivity contribution is 0.101. The number of carbonyl (C=O) groups excluding carboxylic acids is 1. The van der Waals surface area contributed by atoms with Gasteiger partial charge in [0, 0.05) is 11.1 Å². The maximum Gasteiger partial charge on any atom is 0.247 e. The monoisotopic (exact) mass is 188 g/mol. The molecule has 0 saturated heterocycles. The zero-order valence-electron chi connectivity index (χ0n) is 7.60. The molecule has 0 atom stereocenters. The van der Waals surface area contributed by atoms with Crippen molar-refractivity contribution in [1.29, 1.82) is 0 Å². The Morgan fingerprint density at radius 1 is 1.29 bits per heavy atom. The maximum absolute atomic E-state index is 11.0. The highest BCUT2D eigenvalue weighted by Gasteiger charge is 2.04. The molecule has 4 nitrogen and oxygen atoms in total. The third kappa shape index (κ3) is 1.54. The lowest BCUT2D eigenvalue weighted by Crippen LogP contribution is -1.90. The van der Waals surface area contributed by atoms with Gasteiger partial charge in [0.25, 0.3) is 0 Å². The highest BCUT2D eigenvalue weighted by molar-refractivity contribution is 5.94. The SMILES string of the molecule is CC(=O)c1ccc(-c2nnco2)cc1. The van der Waals surface area contributed by atoms with E-state index < -0.39 is 0 Å². The van der Waals surface area contributed by atoms with Crippen LogP contribution in [0.2, 0.25) is 0 Å². The number of aromatic nitrogens is 2. The van der Waals surface area contributed by atoms with Crippen LogP contribution in [0.4, 0.5) is 0 Å². The number of hydrogen-bond donors (Lipinski definition) is 0. The topological polar surface area (TPSA) is 56.0 Å². The molecule has 1 heterocycles. The van der Waals surface area contributed by atoms with E-state index in [4.69, 9.17) is 4.42 Å². The maximum atomic E-state index is 11.0. The van der Waals surface area contributed by atoms with Gasteiger partial charge in [-0.15, -0.1) is 10.2 Å². The van der Waals surface area contributed by atoms with Crippen LogP contribution in [0.3, 0.4) is 0 Å². The van der Waals surface area contributed by atoms with Crippen molar-refractivity contribution >= 4 is 5.78 Å². The normalized spacial score (nSPS) is 10.1.